The number of Topliss-reactive ketones (excluding diaryl/α,β-unsaturated/α-hetero) is 1. The predicted molar refractivity (Wildman–Crippen MR) is 354 cm³/mol. The summed E-state index contributed by atoms with van der Waals surface area (Å²) in [5.41, 5.74) is 2.90. The summed E-state index contributed by atoms with van der Waals surface area (Å²) in [5.74, 6) is 11.5. The first-order valence-electron chi connectivity index (χ1n) is 27.3. The number of carbonyl (C=O) groups excluding carboxylic acids is 1. The maximum Gasteiger partial charge on any atom is 2.00 e. The summed E-state index contributed by atoms with van der Waals surface area (Å²) in [7, 11) is 0. The van der Waals surface area contributed by atoms with E-state index in [1.165, 1.54) is 4.57 Å². The van der Waals surface area contributed by atoms with Gasteiger partial charge in [-0.1, -0.05) is 71.8 Å². The Labute approximate surface area is 570 Å². The van der Waals surface area contributed by atoms with E-state index in [0.717, 1.165) is 36.5 Å². The molecule has 3 unspecified atom stereocenters. The van der Waals surface area contributed by atoms with Gasteiger partial charge in [0.1, 0.15) is 34.7 Å². The number of nitrogens with zero attached hydrogens (tertiary/aromatic N) is 10. The maximum atomic E-state index is 12.7. The van der Waals surface area contributed by atoms with Crippen LogP contribution >= 0.6 is 60.2 Å². The molecule has 0 fully saturated rings. The van der Waals surface area contributed by atoms with Gasteiger partial charge in [0.2, 0.25) is 0 Å². The van der Waals surface area contributed by atoms with Crippen molar-refractivity contribution in [3.05, 3.63) is 224 Å². The number of benzene rings is 4. The van der Waals surface area contributed by atoms with Gasteiger partial charge in [-0.25, -0.2) is 29.9 Å². The first kappa shape index (κ1) is 71.5. The summed E-state index contributed by atoms with van der Waals surface area (Å²) >= 11 is 10.1. The molecule has 4 aliphatic rings. The Bertz CT molecular complexity index is 4630. The van der Waals surface area contributed by atoms with Crippen LogP contribution in [-0.4, -0.2) is 110 Å². The van der Waals surface area contributed by atoms with E-state index in [1.807, 2.05) is 78.9 Å². The molecule has 18 nitrogen and oxygen atoms in total. The monoisotopic (exact) mass is 1480 g/mol. The van der Waals surface area contributed by atoms with Gasteiger partial charge in [-0.15, -0.1) is 18.8 Å². The number of aliphatic hydroxyl groups is 3. The Morgan fingerprint density at radius 2 is 0.955 bits per heavy atom. The van der Waals surface area contributed by atoms with Crippen LogP contribution in [0.15, 0.2) is 154 Å². The topological polar surface area (TPSA) is 243 Å². The number of hydrogen-bond acceptors (Lipinski definition) is 14. The van der Waals surface area contributed by atoms with Crippen LogP contribution in [-0.2, 0) is 56.7 Å². The fourth-order valence-electron chi connectivity index (χ4n) is 10.2. The van der Waals surface area contributed by atoms with E-state index in [2.05, 4.69) is 95.5 Å². The third-order valence-corrected chi connectivity index (χ3v) is 16.1. The van der Waals surface area contributed by atoms with Crippen molar-refractivity contribution in [3.63, 3.8) is 0 Å². The number of aryl methyl sites for hydroxylation is 4. The molecule has 10 aromatic rings. The summed E-state index contributed by atoms with van der Waals surface area (Å²) in [6.07, 6.45) is 12.8. The number of rotatable bonds is 0. The first-order chi connectivity index (χ1) is 40.7. The average Bonchev–Trinajstić information content (AvgIpc) is 1.06. The molecule has 0 spiro atoms. The number of halogens is 5. The molecule has 0 saturated heterocycles. The molecule has 0 saturated carbocycles. The fourth-order valence-corrected chi connectivity index (χ4v) is 11.3. The molecule has 4 aromatic carbocycles. The Morgan fingerprint density at radius 3 is 1.40 bits per heavy atom. The number of aliphatic hydroxyl groups excluding tert-OH is 1. The number of fused-ring (bicyclic) bond motifs is 8. The van der Waals surface area contributed by atoms with Crippen LogP contribution in [0.2, 0.25) is 0 Å². The molecular weight excluding hydrogens is 1430 g/mol. The van der Waals surface area contributed by atoms with E-state index in [4.69, 9.17) is 6.42 Å². The van der Waals surface area contributed by atoms with Gasteiger partial charge >= 0.3 is 23.1 Å². The van der Waals surface area contributed by atoms with Crippen LogP contribution in [0.4, 0.5) is 0 Å². The minimum atomic E-state index is -0.861. The van der Waals surface area contributed by atoms with Crippen LogP contribution in [0, 0.1) is 31.6 Å². The van der Waals surface area contributed by atoms with E-state index in [-0.39, 0.29) is 101 Å². The second kappa shape index (κ2) is 30.9. The van der Waals surface area contributed by atoms with Crippen molar-refractivity contribution in [2.45, 2.75) is 109 Å². The van der Waals surface area contributed by atoms with Crippen molar-refractivity contribution in [3.8, 4) is 24.2 Å². The molecule has 0 amide bonds. The van der Waals surface area contributed by atoms with Gasteiger partial charge in [-0.2, -0.15) is 0 Å². The van der Waals surface area contributed by atoms with Gasteiger partial charge in [0, 0.05) is 63.5 Å². The third-order valence-electron chi connectivity index (χ3n) is 14.7. The number of carbonyl (C=O) groups is 1. The Morgan fingerprint density at radius 1 is 0.539 bits per heavy atom. The van der Waals surface area contributed by atoms with Crippen molar-refractivity contribution < 1.29 is 37.1 Å². The molecule has 4 aliphatic heterocycles. The summed E-state index contributed by atoms with van der Waals surface area (Å²) in [4.78, 5) is 87.0. The fraction of sp³-hybridized carbons (Fsp3) is 0.262. The molecule has 14 rings (SSSR count). The van der Waals surface area contributed by atoms with Gasteiger partial charge in [-0.05, 0) is 136 Å². The van der Waals surface area contributed by atoms with Crippen molar-refractivity contribution in [1.82, 2.24) is 48.2 Å². The van der Waals surface area contributed by atoms with Crippen LogP contribution in [0.1, 0.15) is 79.8 Å². The molecule has 6 aromatic heterocycles. The number of pyridine rings is 2. The van der Waals surface area contributed by atoms with Crippen molar-refractivity contribution >= 4 is 133 Å². The van der Waals surface area contributed by atoms with E-state index in [1.54, 1.807) is 70.3 Å². The van der Waals surface area contributed by atoms with E-state index in [9.17, 15) is 39.3 Å². The third kappa shape index (κ3) is 17.3. The van der Waals surface area contributed by atoms with Crippen LogP contribution in [0.25, 0.3) is 43.6 Å². The first-order valence-corrected chi connectivity index (χ1v) is 29.6. The summed E-state index contributed by atoms with van der Waals surface area (Å²) in [6, 6.07) is 32.7. The Balaban J connectivity index is 0.000000181. The Kier molecular flexibility index (Phi) is 24.8. The van der Waals surface area contributed by atoms with E-state index >= 15 is 0 Å². The number of hydrogen-bond donors (Lipinski definition) is 3. The zero-order valence-electron chi connectivity index (χ0n) is 48.7. The summed E-state index contributed by atoms with van der Waals surface area (Å²) in [5, 5.41) is 32.2. The van der Waals surface area contributed by atoms with Gasteiger partial charge in [-0.3, -0.25) is 42.2 Å². The number of aromatic nitrogens is 10. The molecule has 3 atom stereocenters. The summed E-state index contributed by atoms with van der Waals surface area (Å²) < 4.78 is 8.98. The maximum absolute atomic E-state index is 12.7. The quantitative estimate of drug-likeness (QED) is 0.0973. The van der Waals surface area contributed by atoms with Crippen molar-refractivity contribution in [2.75, 3.05) is 0 Å². The molecule has 3 N–H and O–H groups in total. The molecule has 10 heterocycles. The van der Waals surface area contributed by atoms with Gasteiger partial charge < -0.3 is 39.7 Å². The average molecular weight is 1490 g/mol. The molecule has 24 heteroatoms. The SMILES string of the molecule is C#Cc1ccccn1.CC1(O)CCc2nc3cc(Br)ccc3c(=O)n2C1.CC1(O)CCc2nc3cc(C#Cc4ccccn4)ccc3c(=O)n2C1.Cl.O=C1CCc2nc3cc(Br)ccc3c(=O)n2C1.O=c1c2ccc(Br)cc2nc2n1CC(O)CC2.[Br-].[CH3-].[Mg+2]. The number of terminal acetylenes is 1. The summed E-state index contributed by atoms with van der Waals surface area (Å²) in [6.45, 7) is 4.63. The molecule has 0 bridgehead atoms. The normalized spacial score (nSPS) is 17.3. The molecule has 0 aliphatic carbocycles. The van der Waals surface area contributed by atoms with Crippen LogP contribution in [0.5, 0.6) is 0 Å². The molecule has 89 heavy (non-hydrogen) atoms. The standard InChI is InChI=1S/C20H17N3O2.C13H13BrN2O2.C12H11BrN2O2.C12H9BrN2O2.C7H5N.CH3.BrH.ClH.Mg/c1-20(25)10-9-18-22-17-12-14(5-7-15-4-2-3-11-21-15)6-8-16(17)19(24)23(18)13-20;1-13(18)5-4-11-15-10-6-8(14)2-3-9(10)12(17)16(11)7-13;2*13-7-1-3-9-10(5-7)14-11-4-2-8(16)6-15(11)12(9)17;1-2-7-5-3-4-6-8-7;;;;/h2-4,6,8,11-12,25H,9-10,13H2,1H3;2-3,6,18H,4-5,7H2,1H3;1,3,5,8,16H,2,4,6H2;1,3,5H,2,4,6H2;1,3-6H;1H3;2*1H;/q;;;;;-1;;;+2/p-1. The molecular formula is C65H59Br4ClMgN10O8. The second-order valence-corrected chi connectivity index (χ2v) is 24.2. The van der Waals surface area contributed by atoms with Gasteiger partial charge in [0.05, 0.1) is 87.1 Å². The van der Waals surface area contributed by atoms with Crippen molar-refractivity contribution in [2.24, 2.45) is 0 Å². The smallest absolute Gasteiger partial charge is 1.00 e. The van der Waals surface area contributed by atoms with Gasteiger partial charge in [0.15, 0.2) is 5.78 Å². The minimum absolute atomic E-state index is 0. The Hall–Kier alpha value is -6.61. The van der Waals surface area contributed by atoms with Crippen LogP contribution in [0.3, 0.4) is 0 Å². The zero-order valence-corrected chi connectivity index (χ0v) is 57.2. The van der Waals surface area contributed by atoms with Crippen LogP contribution < -0.4 is 39.2 Å². The number of ketones is 1. The predicted octanol–water partition coefficient (Wildman–Crippen LogP) is 5.44. The van der Waals surface area contributed by atoms with Crippen molar-refractivity contribution in [1.29, 1.82) is 0 Å². The second-order valence-electron chi connectivity index (χ2n) is 21.5. The van der Waals surface area contributed by atoms with E-state index < -0.39 is 17.3 Å². The van der Waals surface area contributed by atoms with E-state index in [0.29, 0.717) is 125 Å². The molecule has 454 valence electrons. The largest absolute Gasteiger partial charge is 2.00 e. The molecule has 0 radical (unpaired) electrons. The van der Waals surface area contributed by atoms with Gasteiger partial charge in [0.25, 0.3) is 22.2 Å². The zero-order chi connectivity index (χ0) is 60.2. The minimum Gasteiger partial charge on any atom is -1.00 e.